The third-order valence-electron chi connectivity index (χ3n) is 3.51. The van der Waals surface area contributed by atoms with E-state index in [0.717, 1.165) is 30.0 Å². The van der Waals surface area contributed by atoms with Gasteiger partial charge in [0.2, 0.25) is 0 Å². The number of methoxy groups -OCH3 is 2. The van der Waals surface area contributed by atoms with Gasteiger partial charge in [0.25, 0.3) is 0 Å². The van der Waals surface area contributed by atoms with E-state index in [2.05, 4.69) is 36.7 Å². The smallest absolute Gasteiger partial charge is 0.124 e. The van der Waals surface area contributed by atoms with Crippen LogP contribution in [0.3, 0.4) is 0 Å². The van der Waals surface area contributed by atoms with Crippen LogP contribution in [0.25, 0.3) is 0 Å². The molecule has 0 aliphatic heterocycles. The highest BCUT2D eigenvalue weighted by molar-refractivity contribution is 7.10. The largest absolute Gasteiger partial charge is 0.497 e. The topological polar surface area (TPSA) is 30.5 Å². The maximum absolute atomic E-state index is 5.55. The van der Waals surface area contributed by atoms with Gasteiger partial charge in [-0.05, 0) is 55.1 Å². The summed E-state index contributed by atoms with van der Waals surface area (Å²) in [6, 6.07) is 8.26. The molecule has 1 heterocycles. The Balaban J connectivity index is 2.47. The number of aryl methyl sites for hydroxylation is 1. The molecule has 0 aliphatic rings. The molecule has 0 bridgehead atoms. The Hall–Kier alpha value is -1.52. The molecule has 0 amide bonds. The third-order valence-corrected chi connectivity index (χ3v) is 4.59. The van der Waals surface area contributed by atoms with Gasteiger partial charge in [-0.25, -0.2) is 0 Å². The summed E-state index contributed by atoms with van der Waals surface area (Å²) >= 11 is 1.78. The molecule has 0 saturated heterocycles. The molecule has 0 saturated carbocycles. The lowest BCUT2D eigenvalue weighted by molar-refractivity contribution is 0.394. The molecule has 1 aromatic heterocycles. The highest BCUT2D eigenvalue weighted by Gasteiger charge is 2.21. The molecule has 0 aliphatic carbocycles. The molecule has 21 heavy (non-hydrogen) atoms. The summed E-state index contributed by atoms with van der Waals surface area (Å²) in [6.45, 7) is 5.29. The molecule has 1 aromatic carbocycles. The van der Waals surface area contributed by atoms with Gasteiger partial charge in [-0.2, -0.15) is 0 Å². The zero-order chi connectivity index (χ0) is 15.2. The normalized spacial score (nSPS) is 12.2. The Bertz CT molecular complexity index is 580. The predicted octanol–water partition coefficient (Wildman–Crippen LogP) is 4.16. The number of hydrogen-bond acceptors (Lipinski definition) is 4. The van der Waals surface area contributed by atoms with Crippen LogP contribution in [0.5, 0.6) is 11.5 Å². The number of nitrogens with one attached hydrogen (secondary N) is 1. The zero-order valence-electron chi connectivity index (χ0n) is 13.1. The first-order valence-corrected chi connectivity index (χ1v) is 8.08. The van der Waals surface area contributed by atoms with Crippen molar-refractivity contribution < 1.29 is 9.47 Å². The third kappa shape index (κ3) is 3.57. The second-order valence-electron chi connectivity index (χ2n) is 4.96. The van der Waals surface area contributed by atoms with Gasteiger partial charge >= 0.3 is 0 Å². The second-order valence-corrected chi connectivity index (χ2v) is 5.91. The monoisotopic (exact) mass is 305 g/mol. The van der Waals surface area contributed by atoms with Gasteiger partial charge in [-0.3, -0.25) is 0 Å². The Kier molecular flexibility index (Phi) is 5.65. The minimum absolute atomic E-state index is 0.134. The second kappa shape index (κ2) is 7.48. The van der Waals surface area contributed by atoms with E-state index in [-0.39, 0.29) is 6.04 Å². The first-order valence-electron chi connectivity index (χ1n) is 7.20. The SMILES string of the molecule is CCCNC(c1cc(OC)ccc1OC)c1sccc1C. The lowest BCUT2D eigenvalue weighted by atomic mass is 10.0. The number of thiophene rings is 1. The maximum atomic E-state index is 5.55. The van der Waals surface area contributed by atoms with Crippen LogP contribution in [0.2, 0.25) is 0 Å². The average Bonchev–Trinajstić information content (AvgIpc) is 2.93. The fourth-order valence-electron chi connectivity index (χ4n) is 2.38. The van der Waals surface area contributed by atoms with Gasteiger partial charge in [0.1, 0.15) is 11.5 Å². The van der Waals surface area contributed by atoms with Gasteiger partial charge < -0.3 is 14.8 Å². The standard InChI is InChI=1S/C17H23NO2S/c1-5-9-18-16(17-12(2)8-10-21-17)14-11-13(19-3)6-7-15(14)20-4/h6-8,10-11,16,18H,5,9H2,1-4H3. The summed E-state index contributed by atoms with van der Waals surface area (Å²) in [5.41, 5.74) is 2.43. The number of hydrogen-bond donors (Lipinski definition) is 1. The van der Waals surface area contributed by atoms with E-state index in [9.17, 15) is 0 Å². The first-order chi connectivity index (χ1) is 10.2. The summed E-state index contributed by atoms with van der Waals surface area (Å²) in [5, 5.41) is 5.77. The highest BCUT2D eigenvalue weighted by Crippen LogP contribution is 2.36. The van der Waals surface area contributed by atoms with Crippen molar-refractivity contribution in [2.45, 2.75) is 26.3 Å². The van der Waals surface area contributed by atoms with Crippen molar-refractivity contribution in [3.8, 4) is 11.5 Å². The van der Waals surface area contributed by atoms with Crippen LogP contribution in [0, 0.1) is 6.92 Å². The van der Waals surface area contributed by atoms with Gasteiger partial charge in [0.05, 0.1) is 20.3 Å². The van der Waals surface area contributed by atoms with Crippen LogP contribution in [0.1, 0.15) is 35.4 Å². The Morgan fingerprint density at radius 2 is 2.00 bits per heavy atom. The van der Waals surface area contributed by atoms with Gasteiger partial charge in [0.15, 0.2) is 0 Å². The van der Waals surface area contributed by atoms with Gasteiger partial charge in [-0.1, -0.05) is 6.92 Å². The zero-order valence-corrected chi connectivity index (χ0v) is 13.9. The maximum Gasteiger partial charge on any atom is 0.124 e. The minimum Gasteiger partial charge on any atom is -0.497 e. The molecule has 1 unspecified atom stereocenters. The fraction of sp³-hybridized carbons (Fsp3) is 0.412. The summed E-state index contributed by atoms with van der Waals surface area (Å²) in [4.78, 5) is 1.33. The van der Waals surface area contributed by atoms with Crippen LogP contribution in [0.4, 0.5) is 0 Å². The summed E-state index contributed by atoms with van der Waals surface area (Å²) in [5.74, 6) is 1.74. The number of rotatable bonds is 7. The molecule has 3 nitrogen and oxygen atoms in total. The highest BCUT2D eigenvalue weighted by atomic mass is 32.1. The van der Waals surface area contributed by atoms with Crippen molar-refractivity contribution in [1.82, 2.24) is 5.32 Å². The molecule has 4 heteroatoms. The van der Waals surface area contributed by atoms with E-state index in [1.807, 2.05) is 12.1 Å². The van der Waals surface area contributed by atoms with E-state index in [0.29, 0.717) is 0 Å². The van der Waals surface area contributed by atoms with E-state index in [1.54, 1.807) is 25.6 Å². The van der Waals surface area contributed by atoms with Crippen molar-refractivity contribution in [1.29, 1.82) is 0 Å². The minimum atomic E-state index is 0.134. The van der Waals surface area contributed by atoms with Crippen LogP contribution in [0.15, 0.2) is 29.6 Å². The lowest BCUT2D eigenvalue weighted by Gasteiger charge is -2.22. The van der Waals surface area contributed by atoms with E-state index in [4.69, 9.17) is 9.47 Å². The molecule has 114 valence electrons. The van der Waals surface area contributed by atoms with Crippen molar-refractivity contribution in [2.24, 2.45) is 0 Å². The Labute approximate surface area is 130 Å². The molecule has 2 rings (SSSR count). The molecule has 0 radical (unpaired) electrons. The van der Waals surface area contributed by atoms with Crippen LogP contribution >= 0.6 is 11.3 Å². The van der Waals surface area contributed by atoms with E-state index < -0.39 is 0 Å². The fourth-order valence-corrected chi connectivity index (χ4v) is 3.40. The molecular formula is C17H23NO2S. The summed E-state index contributed by atoms with van der Waals surface area (Å²) in [6.07, 6.45) is 1.09. The van der Waals surface area contributed by atoms with Crippen molar-refractivity contribution in [2.75, 3.05) is 20.8 Å². The predicted molar refractivity (Wildman–Crippen MR) is 88.7 cm³/mol. The molecule has 2 aromatic rings. The van der Waals surface area contributed by atoms with Crippen LogP contribution in [-0.4, -0.2) is 20.8 Å². The molecule has 1 atom stereocenters. The van der Waals surface area contributed by atoms with Crippen molar-refractivity contribution in [3.05, 3.63) is 45.6 Å². The van der Waals surface area contributed by atoms with E-state index >= 15 is 0 Å². The average molecular weight is 305 g/mol. The Morgan fingerprint density at radius 3 is 2.57 bits per heavy atom. The summed E-state index contributed by atoms with van der Waals surface area (Å²) < 4.78 is 10.9. The van der Waals surface area contributed by atoms with Crippen LogP contribution in [-0.2, 0) is 0 Å². The molecule has 0 spiro atoms. The van der Waals surface area contributed by atoms with Gasteiger partial charge in [-0.15, -0.1) is 11.3 Å². The first kappa shape index (κ1) is 15.9. The molecule has 1 N–H and O–H groups in total. The number of ether oxygens (including phenoxy) is 2. The summed E-state index contributed by atoms with van der Waals surface area (Å²) in [7, 11) is 3.40. The van der Waals surface area contributed by atoms with Crippen molar-refractivity contribution in [3.63, 3.8) is 0 Å². The number of benzene rings is 1. The van der Waals surface area contributed by atoms with Gasteiger partial charge in [0, 0.05) is 10.4 Å². The van der Waals surface area contributed by atoms with Crippen LogP contribution < -0.4 is 14.8 Å². The molecular weight excluding hydrogens is 282 g/mol. The van der Waals surface area contributed by atoms with Crippen molar-refractivity contribution >= 4 is 11.3 Å². The Morgan fingerprint density at radius 1 is 1.19 bits per heavy atom. The quantitative estimate of drug-likeness (QED) is 0.833. The lowest BCUT2D eigenvalue weighted by Crippen LogP contribution is -2.23. The van der Waals surface area contributed by atoms with E-state index in [1.165, 1.54) is 10.4 Å². The molecule has 0 fully saturated rings.